The van der Waals surface area contributed by atoms with Crippen molar-refractivity contribution in [1.82, 2.24) is 0 Å². The number of esters is 2. The van der Waals surface area contributed by atoms with E-state index in [0.29, 0.717) is 19.4 Å². The van der Waals surface area contributed by atoms with Gasteiger partial charge in [0.25, 0.3) is 0 Å². The van der Waals surface area contributed by atoms with E-state index in [1.54, 1.807) is 6.26 Å². The average Bonchev–Trinajstić information content (AvgIpc) is 3.13. The van der Waals surface area contributed by atoms with Crippen LogP contribution in [-0.2, 0) is 38.0 Å². The molecular formula is C24H32O8. The van der Waals surface area contributed by atoms with Gasteiger partial charge >= 0.3 is 11.9 Å². The van der Waals surface area contributed by atoms with Gasteiger partial charge in [-0.3, -0.25) is 9.59 Å². The van der Waals surface area contributed by atoms with E-state index in [4.69, 9.17) is 28.4 Å². The Morgan fingerprint density at radius 3 is 2.44 bits per heavy atom. The third kappa shape index (κ3) is 2.66. The maximum Gasteiger partial charge on any atom is 0.304 e. The molecule has 2 aliphatic carbocycles. The fourth-order valence-electron chi connectivity index (χ4n) is 7.74. The Labute approximate surface area is 187 Å². The number of fused-ring (bicyclic) bond motifs is 2. The van der Waals surface area contributed by atoms with E-state index >= 15 is 0 Å². The molecule has 0 radical (unpaired) electrons. The fraction of sp³-hybridized carbons (Fsp3) is 0.833. The first-order valence-corrected chi connectivity index (χ1v) is 11.8. The summed E-state index contributed by atoms with van der Waals surface area (Å²) in [5, 5.41) is 0. The van der Waals surface area contributed by atoms with Gasteiger partial charge in [-0.15, -0.1) is 0 Å². The summed E-state index contributed by atoms with van der Waals surface area (Å²) in [6, 6.07) is 0. The van der Waals surface area contributed by atoms with E-state index in [-0.39, 0.29) is 53.2 Å². The summed E-state index contributed by atoms with van der Waals surface area (Å²) in [6.45, 7) is 7.99. The van der Waals surface area contributed by atoms with Crippen molar-refractivity contribution in [3.8, 4) is 0 Å². The number of hydrogen-bond donors (Lipinski definition) is 0. The minimum absolute atomic E-state index is 0.00833. The molecule has 8 nitrogen and oxygen atoms in total. The van der Waals surface area contributed by atoms with Crippen LogP contribution in [0.4, 0.5) is 0 Å². The van der Waals surface area contributed by atoms with Gasteiger partial charge in [0.15, 0.2) is 0 Å². The Morgan fingerprint density at radius 1 is 1.03 bits per heavy atom. The molecule has 7 rings (SSSR count). The second-order valence-electron chi connectivity index (χ2n) is 11.0. The Kier molecular flexibility index (Phi) is 4.38. The summed E-state index contributed by atoms with van der Waals surface area (Å²) in [4.78, 5) is 24.3. The predicted octanol–water partition coefficient (Wildman–Crippen LogP) is 2.69. The van der Waals surface area contributed by atoms with E-state index in [1.807, 2.05) is 0 Å². The molecule has 0 aromatic rings. The van der Waals surface area contributed by atoms with Crippen molar-refractivity contribution >= 4 is 11.9 Å². The van der Waals surface area contributed by atoms with Crippen LogP contribution in [-0.4, -0.2) is 55.0 Å². The molecule has 176 valence electrons. The van der Waals surface area contributed by atoms with E-state index < -0.39 is 23.8 Å². The number of ether oxygens (including phenoxy) is 6. The zero-order valence-corrected chi connectivity index (χ0v) is 19.1. The highest BCUT2D eigenvalue weighted by molar-refractivity contribution is 5.67. The molecule has 4 saturated heterocycles. The normalized spacial score (nSPS) is 54.6. The molecule has 5 heterocycles. The van der Waals surface area contributed by atoms with Crippen LogP contribution in [0.5, 0.6) is 0 Å². The van der Waals surface area contributed by atoms with Crippen molar-refractivity contribution in [2.45, 2.75) is 89.9 Å². The molecule has 11 unspecified atom stereocenters. The van der Waals surface area contributed by atoms with Crippen molar-refractivity contribution in [3.63, 3.8) is 0 Å². The monoisotopic (exact) mass is 448 g/mol. The third-order valence-electron chi connectivity index (χ3n) is 9.46. The van der Waals surface area contributed by atoms with Gasteiger partial charge in [0.2, 0.25) is 12.6 Å². The lowest BCUT2D eigenvalue weighted by molar-refractivity contribution is -0.369. The largest absolute Gasteiger partial charge is 0.472 e. The molecule has 11 atom stereocenters. The van der Waals surface area contributed by atoms with Crippen molar-refractivity contribution in [2.24, 2.45) is 28.6 Å². The van der Waals surface area contributed by atoms with Crippen LogP contribution in [0.3, 0.4) is 0 Å². The Morgan fingerprint density at radius 2 is 1.78 bits per heavy atom. The summed E-state index contributed by atoms with van der Waals surface area (Å²) >= 11 is 0. The van der Waals surface area contributed by atoms with Gasteiger partial charge < -0.3 is 28.4 Å². The van der Waals surface area contributed by atoms with Crippen LogP contribution in [0.1, 0.15) is 53.4 Å². The van der Waals surface area contributed by atoms with Crippen LogP contribution >= 0.6 is 0 Å². The molecule has 0 aromatic heterocycles. The lowest BCUT2D eigenvalue weighted by Gasteiger charge is -2.68. The average molecular weight is 449 g/mol. The van der Waals surface area contributed by atoms with Crippen LogP contribution in [0.25, 0.3) is 0 Å². The summed E-state index contributed by atoms with van der Waals surface area (Å²) in [5.74, 6) is -0.166. The first-order valence-electron chi connectivity index (χ1n) is 11.8. The van der Waals surface area contributed by atoms with E-state index in [9.17, 15) is 9.59 Å². The van der Waals surface area contributed by atoms with Crippen molar-refractivity contribution in [1.29, 1.82) is 0 Å². The number of epoxide rings is 1. The maximum absolute atomic E-state index is 12.2. The number of carbonyl (C=O) groups excluding carboxylic acids is 2. The number of carbonyl (C=O) groups is 2. The molecule has 0 aromatic carbocycles. The van der Waals surface area contributed by atoms with Gasteiger partial charge in [-0.25, -0.2) is 0 Å². The Bertz CT molecular complexity index is 866. The molecular weight excluding hydrogens is 416 g/mol. The van der Waals surface area contributed by atoms with E-state index in [2.05, 4.69) is 19.9 Å². The Hall–Kier alpha value is -1.64. The molecule has 5 aliphatic heterocycles. The molecule has 0 amide bonds. The van der Waals surface area contributed by atoms with E-state index in [1.165, 1.54) is 13.8 Å². The quantitative estimate of drug-likeness (QED) is 0.481. The lowest BCUT2D eigenvalue weighted by atomic mass is 9.42. The fourth-order valence-corrected chi connectivity index (χ4v) is 7.74. The SMILES string of the molecule is CC(=O)OC1CC(C)C(C)(C2CC3C=COC3O2)C2CC3OC(OC(C)=O)C12CC31CO1. The summed E-state index contributed by atoms with van der Waals surface area (Å²) in [5.41, 5.74) is -1.28. The minimum atomic E-state index is -0.771. The van der Waals surface area contributed by atoms with Crippen LogP contribution in [0, 0.1) is 28.6 Å². The van der Waals surface area contributed by atoms with Crippen LogP contribution < -0.4 is 0 Å². The zero-order chi connectivity index (χ0) is 22.5. The highest BCUT2D eigenvalue weighted by Crippen LogP contribution is 2.71. The van der Waals surface area contributed by atoms with Crippen molar-refractivity contribution < 1.29 is 38.0 Å². The molecule has 2 bridgehead atoms. The summed E-state index contributed by atoms with van der Waals surface area (Å²) in [7, 11) is 0. The van der Waals surface area contributed by atoms with Crippen molar-refractivity contribution in [3.05, 3.63) is 12.3 Å². The predicted molar refractivity (Wildman–Crippen MR) is 109 cm³/mol. The lowest BCUT2D eigenvalue weighted by Crippen LogP contribution is -2.74. The molecule has 2 saturated carbocycles. The van der Waals surface area contributed by atoms with Gasteiger partial charge in [0, 0.05) is 25.2 Å². The summed E-state index contributed by atoms with van der Waals surface area (Å²) < 4.78 is 36.2. The topological polar surface area (TPSA) is 92.8 Å². The smallest absolute Gasteiger partial charge is 0.304 e. The second-order valence-corrected chi connectivity index (χ2v) is 11.0. The highest BCUT2D eigenvalue weighted by Gasteiger charge is 2.78. The van der Waals surface area contributed by atoms with E-state index in [0.717, 1.165) is 12.8 Å². The van der Waals surface area contributed by atoms with Gasteiger partial charge in [-0.1, -0.05) is 13.8 Å². The third-order valence-corrected chi connectivity index (χ3v) is 9.46. The van der Waals surface area contributed by atoms with Gasteiger partial charge in [-0.05, 0) is 43.6 Å². The molecule has 32 heavy (non-hydrogen) atoms. The molecule has 2 spiro atoms. The number of rotatable bonds is 3. The Balaban J connectivity index is 1.44. The van der Waals surface area contributed by atoms with Crippen LogP contribution in [0.2, 0.25) is 0 Å². The van der Waals surface area contributed by atoms with Gasteiger partial charge in [-0.2, -0.15) is 0 Å². The number of hydrogen-bond acceptors (Lipinski definition) is 8. The highest BCUT2D eigenvalue weighted by atomic mass is 16.7. The zero-order valence-electron chi connectivity index (χ0n) is 19.1. The van der Waals surface area contributed by atoms with Crippen LogP contribution in [0.15, 0.2) is 12.3 Å². The minimum Gasteiger partial charge on any atom is -0.472 e. The van der Waals surface area contributed by atoms with Gasteiger partial charge in [0.1, 0.15) is 11.7 Å². The molecule has 8 heteroatoms. The first-order chi connectivity index (χ1) is 15.2. The molecule has 7 aliphatic rings. The molecule has 6 fully saturated rings. The first kappa shape index (κ1) is 20.9. The molecule has 0 N–H and O–H groups in total. The second kappa shape index (κ2) is 6.70. The standard InChI is InChI=1S/C24H32O8/c1-12-7-19(29-13(2)25)24-10-23(11-28-23)18(32-21(24)30-14(3)26)9-16(24)22(12,4)17-8-15-5-6-27-20(15)31-17/h5-6,12,15-21H,7-11H2,1-4H3. The van der Waals surface area contributed by atoms with Gasteiger partial charge in [0.05, 0.1) is 30.5 Å². The maximum atomic E-state index is 12.2. The van der Waals surface area contributed by atoms with Crippen molar-refractivity contribution in [2.75, 3.05) is 6.61 Å². The summed E-state index contributed by atoms with van der Waals surface area (Å²) in [6.07, 6.45) is 5.20.